The molecule has 2 N–H and O–H groups in total. The molecule has 0 saturated carbocycles. The zero-order valence-electron chi connectivity index (χ0n) is 14.7. The van der Waals surface area contributed by atoms with Crippen LogP contribution < -0.4 is 15.5 Å². The van der Waals surface area contributed by atoms with Gasteiger partial charge in [-0.05, 0) is 59.2 Å². The Kier molecular flexibility index (Phi) is 4.90. The van der Waals surface area contributed by atoms with E-state index in [1.165, 1.54) is 19.3 Å². The summed E-state index contributed by atoms with van der Waals surface area (Å²) >= 11 is 0. The van der Waals surface area contributed by atoms with Gasteiger partial charge in [-0.15, -0.1) is 0 Å². The molecule has 0 bridgehead atoms. The highest BCUT2D eigenvalue weighted by atomic mass is 15.3. The molecule has 1 atom stereocenters. The van der Waals surface area contributed by atoms with E-state index in [1.54, 1.807) is 6.33 Å². The zero-order valence-corrected chi connectivity index (χ0v) is 14.7. The molecule has 0 aromatic carbocycles. The first-order valence-electron chi connectivity index (χ1n) is 8.86. The second-order valence-electron chi connectivity index (χ2n) is 7.12. The first-order chi connectivity index (χ1) is 11.1. The number of aromatic nitrogens is 2. The SMILES string of the molecule is CC1CCCCN1c1ncnc(N(C)C2CCN(C)CC2)c1N. The van der Waals surface area contributed by atoms with Crippen LogP contribution in [0.25, 0.3) is 0 Å². The monoisotopic (exact) mass is 318 g/mol. The molecule has 3 rings (SSSR count). The Morgan fingerprint density at radius 2 is 1.87 bits per heavy atom. The Balaban J connectivity index is 1.81. The predicted octanol–water partition coefficient (Wildman–Crippen LogP) is 1.97. The third kappa shape index (κ3) is 3.37. The van der Waals surface area contributed by atoms with Crippen molar-refractivity contribution in [1.29, 1.82) is 0 Å². The van der Waals surface area contributed by atoms with Crippen LogP contribution in [-0.4, -0.2) is 60.7 Å². The third-order valence-electron chi connectivity index (χ3n) is 5.49. The highest BCUT2D eigenvalue weighted by Gasteiger charge is 2.27. The van der Waals surface area contributed by atoms with Gasteiger partial charge in [-0.3, -0.25) is 0 Å². The maximum atomic E-state index is 6.49. The fraction of sp³-hybridized carbons (Fsp3) is 0.765. The normalized spacial score (nSPS) is 24.0. The van der Waals surface area contributed by atoms with Gasteiger partial charge in [0, 0.05) is 25.7 Å². The van der Waals surface area contributed by atoms with Crippen LogP contribution >= 0.6 is 0 Å². The number of anilines is 3. The summed E-state index contributed by atoms with van der Waals surface area (Å²) in [5.74, 6) is 1.81. The number of nitrogens with zero attached hydrogens (tertiary/aromatic N) is 5. The van der Waals surface area contributed by atoms with Crippen molar-refractivity contribution in [2.75, 3.05) is 49.3 Å². The van der Waals surface area contributed by atoms with Crippen LogP contribution in [0.3, 0.4) is 0 Å². The highest BCUT2D eigenvalue weighted by molar-refractivity contribution is 5.76. The Labute approximate surface area is 139 Å². The van der Waals surface area contributed by atoms with Gasteiger partial charge in [0.05, 0.1) is 0 Å². The molecular formula is C17H30N6. The van der Waals surface area contributed by atoms with E-state index >= 15 is 0 Å². The molecule has 1 aromatic rings. The van der Waals surface area contributed by atoms with E-state index in [-0.39, 0.29) is 0 Å². The van der Waals surface area contributed by atoms with Crippen molar-refractivity contribution in [1.82, 2.24) is 14.9 Å². The second-order valence-corrected chi connectivity index (χ2v) is 7.12. The predicted molar refractivity (Wildman–Crippen MR) is 96.0 cm³/mol. The maximum absolute atomic E-state index is 6.49. The van der Waals surface area contributed by atoms with Crippen LogP contribution in [0, 0.1) is 0 Å². The Morgan fingerprint density at radius 1 is 1.13 bits per heavy atom. The average molecular weight is 318 g/mol. The van der Waals surface area contributed by atoms with Gasteiger partial charge in [0.2, 0.25) is 0 Å². The number of nitrogens with two attached hydrogens (primary N) is 1. The number of rotatable bonds is 3. The van der Waals surface area contributed by atoms with E-state index in [1.807, 2.05) is 0 Å². The molecule has 0 aliphatic carbocycles. The molecule has 2 fully saturated rings. The molecule has 0 spiro atoms. The molecule has 2 aliphatic heterocycles. The van der Waals surface area contributed by atoms with E-state index in [4.69, 9.17) is 5.73 Å². The van der Waals surface area contributed by atoms with Gasteiger partial charge in [-0.25, -0.2) is 9.97 Å². The summed E-state index contributed by atoms with van der Waals surface area (Å²) in [6, 6.07) is 1.01. The fourth-order valence-corrected chi connectivity index (χ4v) is 3.86. The van der Waals surface area contributed by atoms with Crippen molar-refractivity contribution < 1.29 is 0 Å². The Bertz CT molecular complexity index is 526. The van der Waals surface area contributed by atoms with Crippen molar-refractivity contribution in [3.05, 3.63) is 6.33 Å². The zero-order chi connectivity index (χ0) is 16.4. The quantitative estimate of drug-likeness (QED) is 0.919. The third-order valence-corrected chi connectivity index (χ3v) is 5.49. The smallest absolute Gasteiger partial charge is 0.157 e. The summed E-state index contributed by atoms with van der Waals surface area (Å²) in [7, 11) is 4.31. The van der Waals surface area contributed by atoms with E-state index in [0.29, 0.717) is 12.1 Å². The second kappa shape index (κ2) is 6.91. The van der Waals surface area contributed by atoms with Gasteiger partial charge in [0.15, 0.2) is 11.6 Å². The van der Waals surface area contributed by atoms with Crippen LogP contribution in [0.2, 0.25) is 0 Å². The number of hydrogen-bond donors (Lipinski definition) is 1. The molecule has 23 heavy (non-hydrogen) atoms. The van der Waals surface area contributed by atoms with E-state index in [9.17, 15) is 0 Å². The summed E-state index contributed by atoms with van der Waals surface area (Å²) < 4.78 is 0. The van der Waals surface area contributed by atoms with Crippen molar-refractivity contribution in [2.45, 2.75) is 51.1 Å². The number of nitrogen functional groups attached to an aromatic ring is 1. The van der Waals surface area contributed by atoms with E-state index in [2.05, 4.69) is 45.7 Å². The largest absolute Gasteiger partial charge is 0.393 e. The topological polar surface area (TPSA) is 61.5 Å². The molecule has 6 nitrogen and oxygen atoms in total. The van der Waals surface area contributed by atoms with Gasteiger partial charge in [0.25, 0.3) is 0 Å². The van der Waals surface area contributed by atoms with Gasteiger partial charge >= 0.3 is 0 Å². The lowest BCUT2D eigenvalue weighted by Gasteiger charge is -2.38. The first-order valence-corrected chi connectivity index (χ1v) is 8.86. The molecule has 1 unspecified atom stereocenters. The minimum Gasteiger partial charge on any atom is -0.393 e. The summed E-state index contributed by atoms with van der Waals surface area (Å²) in [6.07, 6.45) is 7.72. The molecule has 2 aliphatic rings. The number of piperidine rings is 2. The lowest BCUT2D eigenvalue weighted by molar-refractivity contribution is 0.252. The number of hydrogen-bond acceptors (Lipinski definition) is 6. The minimum absolute atomic E-state index is 0.502. The lowest BCUT2D eigenvalue weighted by atomic mass is 10.0. The molecule has 2 saturated heterocycles. The lowest BCUT2D eigenvalue weighted by Crippen LogP contribution is -2.43. The highest BCUT2D eigenvalue weighted by Crippen LogP contribution is 2.33. The fourth-order valence-electron chi connectivity index (χ4n) is 3.86. The maximum Gasteiger partial charge on any atom is 0.157 e. The van der Waals surface area contributed by atoms with Crippen molar-refractivity contribution in [3.63, 3.8) is 0 Å². The van der Waals surface area contributed by atoms with E-state index in [0.717, 1.165) is 49.8 Å². The van der Waals surface area contributed by atoms with Crippen molar-refractivity contribution in [2.24, 2.45) is 0 Å². The first kappa shape index (κ1) is 16.3. The van der Waals surface area contributed by atoms with Crippen molar-refractivity contribution >= 4 is 17.3 Å². The van der Waals surface area contributed by atoms with Gasteiger partial charge in [-0.1, -0.05) is 0 Å². The van der Waals surface area contributed by atoms with Crippen LogP contribution in [-0.2, 0) is 0 Å². The molecule has 1 aromatic heterocycles. The van der Waals surface area contributed by atoms with Gasteiger partial charge < -0.3 is 20.4 Å². The van der Waals surface area contributed by atoms with Crippen LogP contribution in [0.15, 0.2) is 6.33 Å². The number of likely N-dealkylation sites (tertiary alicyclic amines) is 1. The van der Waals surface area contributed by atoms with E-state index < -0.39 is 0 Å². The average Bonchev–Trinajstić information content (AvgIpc) is 2.56. The molecule has 6 heteroatoms. The summed E-state index contributed by atoms with van der Waals surface area (Å²) in [5, 5.41) is 0. The molecule has 0 radical (unpaired) electrons. The molecule has 0 amide bonds. The summed E-state index contributed by atoms with van der Waals surface area (Å²) in [4.78, 5) is 16.0. The summed E-state index contributed by atoms with van der Waals surface area (Å²) in [6.45, 7) is 5.58. The van der Waals surface area contributed by atoms with Crippen LogP contribution in [0.5, 0.6) is 0 Å². The van der Waals surface area contributed by atoms with Gasteiger partial charge in [-0.2, -0.15) is 0 Å². The van der Waals surface area contributed by atoms with Crippen LogP contribution in [0.1, 0.15) is 39.0 Å². The minimum atomic E-state index is 0.502. The standard InChI is InChI=1S/C17H30N6/c1-13-6-4-5-9-23(13)17-15(18)16(19-12-20-17)22(3)14-7-10-21(2)11-8-14/h12-14H,4-11,18H2,1-3H3. The molecule has 128 valence electrons. The van der Waals surface area contributed by atoms with Crippen LogP contribution in [0.4, 0.5) is 17.3 Å². The molecule has 3 heterocycles. The van der Waals surface area contributed by atoms with Gasteiger partial charge in [0.1, 0.15) is 12.0 Å². The molecular weight excluding hydrogens is 288 g/mol. The Hall–Kier alpha value is -1.56. The Morgan fingerprint density at radius 3 is 2.57 bits per heavy atom. The summed E-state index contributed by atoms with van der Waals surface area (Å²) in [5.41, 5.74) is 7.23. The van der Waals surface area contributed by atoms with Crippen molar-refractivity contribution in [3.8, 4) is 0 Å².